The summed E-state index contributed by atoms with van der Waals surface area (Å²) in [6, 6.07) is 8.36. The van der Waals surface area contributed by atoms with Crippen LogP contribution in [0.3, 0.4) is 0 Å². The van der Waals surface area contributed by atoms with Crippen LogP contribution in [0.15, 0.2) is 46.2 Å². The van der Waals surface area contributed by atoms with Gasteiger partial charge in [0.1, 0.15) is 0 Å². The average molecular weight is 298 g/mol. The monoisotopic (exact) mass is 297 g/mol. The highest BCUT2D eigenvalue weighted by atomic mass is 35.5. The van der Waals surface area contributed by atoms with E-state index in [0.29, 0.717) is 27.1 Å². The lowest BCUT2D eigenvalue weighted by Crippen LogP contribution is -2.05. The van der Waals surface area contributed by atoms with Crippen molar-refractivity contribution in [2.75, 3.05) is 0 Å². The second-order valence-electron chi connectivity index (χ2n) is 3.63. The van der Waals surface area contributed by atoms with E-state index in [2.05, 4.69) is 9.99 Å². The molecule has 0 aliphatic rings. The van der Waals surface area contributed by atoms with Crippen LogP contribution in [0, 0.1) is 0 Å². The number of rotatable bonds is 3. The molecule has 0 unspecified atom stereocenters. The van der Waals surface area contributed by atoms with Crippen LogP contribution in [0.2, 0.25) is 10.0 Å². The molecular formula is C13H9Cl2NO3. The first kappa shape index (κ1) is 13.6. The van der Waals surface area contributed by atoms with Gasteiger partial charge in [0.25, 0.3) is 0 Å². The fourth-order valence-corrected chi connectivity index (χ4v) is 1.70. The lowest BCUT2D eigenvalue weighted by Gasteiger charge is -2.04. The zero-order chi connectivity index (χ0) is 13.8. The third-order valence-corrected chi connectivity index (χ3v) is 2.95. The summed E-state index contributed by atoms with van der Waals surface area (Å²) in [6.07, 6.45) is 1.50. The smallest absolute Gasteiger partial charge is 0.332 e. The van der Waals surface area contributed by atoms with E-state index in [9.17, 15) is 4.79 Å². The Morgan fingerprint density at radius 1 is 1.26 bits per heavy atom. The van der Waals surface area contributed by atoms with Crippen LogP contribution in [-0.2, 0) is 9.63 Å². The lowest BCUT2D eigenvalue weighted by molar-refractivity contribution is -0.140. The summed E-state index contributed by atoms with van der Waals surface area (Å²) in [5.41, 5.74) is 0.990. The summed E-state index contributed by atoms with van der Waals surface area (Å²) >= 11 is 11.8. The molecule has 1 heterocycles. The molecule has 0 radical (unpaired) electrons. The van der Waals surface area contributed by atoms with Crippen molar-refractivity contribution in [2.24, 2.45) is 5.16 Å². The van der Waals surface area contributed by atoms with Crippen LogP contribution >= 0.6 is 23.2 Å². The zero-order valence-electron chi connectivity index (χ0n) is 9.89. The van der Waals surface area contributed by atoms with Gasteiger partial charge in [0.05, 0.1) is 16.3 Å². The minimum absolute atomic E-state index is 0.360. The third kappa shape index (κ3) is 3.36. The maximum atomic E-state index is 10.9. The predicted molar refractivity (Wildman–Crippen MR) is 72.6 cm³/mol. The van der Waals surface area contributed by atoms with E-state index in [1.165, 1.54) is 13.2 Å². The fraction of sp³-hybridized carbons (Fsp3) is 0.0769. The Hall–Kier alpha value is -1.78. The Morgan fingerprint density at radius 3 is 2.63 bits per heavy atom. The predicted octanol–water partition coefficient (Wildman–Crippen LogP) is 3.90. The van der Waals surface area contributed by atoms with Crippen molar-refractivity contribution in [1.29, 1.82) is 0 Å². The van der Waals surface area contributed by atoms with Crippen LogP contribution in [-0.4, -0.2) is 11.7 Å². The molecule has 19 heavy (non-hydrogen) atoms. The maximum Gasteiger partial charge on any atom is 0.332 e. The molecule has 6 heteroatoms. The zero-order valence-corrected chi connectivity index (χ0v) is 11.4. The third-order valence-electron chi connectivity index (χ3n) is 2.21. The van der Waals surface area contributed by atoms with E-state index in [1.807, 2.05) is 0 Å². The molecule has 0 fully saturated rings. The second-order valence-corrected chi connectivity index (χ2v) is 4.44. The standard InChI is InChI=1S/C13H9Cl2NO3/c1-8(17)19-16-13(12-3-2-6-18-12)9-4-5-10(14)11(15)7-9/h2-7H,1H3/b16-13+. The van der Waals surface area contributed by atoms with Crippen molar-refractivity contribution < 1.29 is 14.0 Å². The molecule has 0 amide bonds. The van der Waals surface area contributed by atoms with Crippen molar-refractivity contribution >= 4 is 34.9 Å². The van der Waals surface area contributed by atoms with E-state index in [-0.39, 0.29) is 0 Å². The Balaban J connectivity index is 2.45. The highest BCUT2D eigenvalue weighted by Crippen LogP contribution is 2.24. The summed E-state index contributed by atoms with van der Waals surface area (Å²) < 4.78 is 5.25. The first-order chi connectivity index (χ1) is 9.08. The van der Waals surface area contributed by atoms with Gasteiger partial charge in [-0.3, -0.25) is 0 Å². The number of oxime groups is 1. The number of hydrogen-bond donors (Lipinski definition) is 0. The number of furan rings is 1. The molecule has 0 spiro atoms. The number of nitrogens with zero attached hydrogens (tertiary/aromatic N) is 1. The number of halogens is 2. The second kappa shape index (κ2) is 5.91. The molecule has 0 N–H and O–H groups in total. The van der Waals surface area contributed by atoms with Crippen LogP contribution in [0.1, 0.15) is 18.2 Å². The van der Waals surface area contributed by atoms with Gasteiger partial charge < -0.3 is 9.25 Å². The van der Waals surface area contributed by atoms with Crippen molar-refractivity contribution in [3.63, 3.8) is 0 Å². The average Bonchev–Trinajstić information content (AvgIpc) is 2.87. The number of benzene rings is 1. The minimum Gasteiger partial charge on any atom is -0.463 e. The lowest BCUT2D eigenvalue weighted by atomic mass is 10.1. The number of carbonyl (C=O) groups is 1. The molecule has 0 atom stereocenters. The first-order valence-corrected chi connectivity index (χ1v) is 6.08. The normalized spacial score (nSPS) is 11.4. The molecule has 0 aliphatic carbocycles. The quantitative estimate of drug-likeness (QED) is 0.490. The van der Waals surface area contributed by atoms with Crippen LogP contribution in [0.25, 0.3) is 0 Å². The van der Waals surface area contributed by atoms with Gasteiger partial charge in [0.2, 0.25) is 0 Å². The largest absolute Gasteiger partial charge is 0.463 e. The van der Waals surface area contributed by atoms with Gasteiger partial charge in [-0.1, -0.05) is 34.4 Å². The molecule has 0 aliphatic heterocycles. The van der Waals surface area contributed by atoms with Crippen LogP contribution in [0.5, 0.6) is 0 Å². The summed E-state index contributed by atoms with van der Waals surface area (Å²) in [5, 5.41) is 4.58. The van der Waals surface area contributed by atoms with E-state index < -0.39 is 5.97 Å². The number of hydrogen-bond acceptors (Lipinski definition) is 4. The Bertz CT molecular complexity index is 621. The summed E-state index contributed by atoms with van der Waals surface area (Å²) in [5.74, 6) is -0.0660. The van der Waals surface area contributed by atoms with Crippen LogP contribution in [0.4, 0.5) is 0 Å². The molecule has 2 rings (SSSR count). The Kier molecular flexibility index (Phi) is 4.24. The van der Waals surface area contributed by atoms with E-state index in [4.69, 9.17) is 27.6 Å². The first-order valence-electron chi connectivity index (χ1n) is 5.33. The highest BCUT2D eigenvalue weighted by Gasteiger charge is 2.13. The van der Waals surface area contributed by atoms with Crippen molar-refractivity contribution in [3.8, 4) is 0 Å². The SMILES string of the molecule is CC(=O)O/N=C(\c1ccc(Cl)c(Cl)c1)c1ccco1. The molecule has 0 saturated carbocycles. The topological polar surface area (TPSA) is 51.8 Å². The van der Waals surface area contributed by atoms with Crippen molar-refractivity contribution in [2.45, 2.75) is 6.92 Å². The Morgan fingerprint density at radius 2 is 2.05 bits per heavy atom. The molecule has 4 nitrogen and oxygen atoms in total. The van der Waals surface area contributed by atoms with Crippen molar-refractivity contribution in [1.82, 2.24) is 0 Å². The van der Waals surface area contributed by atoms with Gasteiger partial charge in [0, 0.05) is 12.5 Å². The van der Waals surface area contributed by atoms with E-state index >= 15 is 0 Å². The van der Waals surface area contributed by atoms with Gasteiger partial charge in [-0.05, 0) is 24.3 Å². The van der Waals surface area contributed by atoms with E-state index in [1.54, 1.807) is 30.3 Å². The molecule has 1 aromatic carbocycles. The number of carbonyl (C=O) groups excluding carboxylic acids is 1. The van der Waals surface area contributed by atoms with E-state index in [0.717, 1.165) is 0 Å². The van der Waals surface area contributed by atoms with Gasteiger partial charge >= 0.3 is 5.97 Å². The van der Waals surface area contributed by atoms with Gasteiger partial charge in [-0.25, -0.2) is 4.79 Å². The maximum absolute atomic E-state index is 10.9. The fourth-order valence-electron chi connectivity index (χ4n) is 1.41. The summed E-state index contributed by atoms with van der Waals surface area (Å²) in [7, 11) is 0. The molecule has 98 valence electrons. The Labute approximate surface area is 119 Å². The van der Waals surface area contributed by atoms with Crippen LogP contribution < -0.4 is 0 Å². The van der Waals surface area contributed by atoms with Gasteiger partial charge in [0.15, 0.2) is 11.5 Å². The molecule has 0 bridgehead atoms. The highest BCUT2D eigenvalue weighted by molar-refractivity contribution is 6.42. The minimum atomic E-state index is -0.524. The molecule has 2 aromatic rings. The molecular weight excluding hydrogens is 289 g/mol. The molecule has 1 aromatic heterocycles. The summed E-state index contributed by atoms with van der Waals surface area (Å²) in [4.78, 5) is 15.5. The summed E-state index contributed by atoms with van der Waals surface area (Å²) in [6.45, 7) is 1.26. The molecule has 0 saturated heterocycles. The van der Waals surface area contributed by atoms with Gasteiger partial charge in [-0.15, -0.1) is 0 Å². The van der Waals surface area contributed by atoms with Gasteiger partial charge in [-0.2, -0.15) is 0 Å². The van der Waals surface area contributed by atoms with Crippen molar-refractivity contribution in [3.05, 3.63) is 58.0 Å².